The van der Waals surface area contributed by atoms with Crippen molar-refractivity contribution in [2.75, 3.05) is 29.9 Å². The van der Waals surface area contributed by atoms with Crippen LogP contribution in [-0.2, 0) is 10.8 Å². The molecule has 21 heavy (non-hydrogen) atoms. The average Bonchev–Trinajstić information content (AvgIpc) is 2.48. The van der Waals surface area contributed by atoms with Gasteiger partial charge in [-0.25, -0.2) is 4.79 Å². The number of hydrogen-bond acceptors (Lipinski definition) is 3. The van der Waals surface area contributed by atoms with E-state index in [0.29, 0.717) is 24.1 Å². The first-order valence-electron chi connectivity index (χ1n) is 7.30. The molecule has 0 spiro atoms. The Morgan fingerprint density at radius 3 is 2.48 bits per heavy atom. The highest BCUT2D eigenvalue weighted by molar-refractivity contribution is 7.84. The van der Waals surface area contributed by atoms with Gasteiger partial charge < -0.3 is 16.0 Å². The van der Waals surface area contributed by atoms with Gasteiger partial charge in [0.2, 0.25) is 0 Å². The van der Waals surface area contributed by atoms with Crippen molar-refractivity contribution in [3.05, 3.63) is 29.8 Å². The smallest absolute Gasteiger partial charge is 0.319 e. The summed E-state index contributed by atoms with van der Waals surface area (Å²) < 4.78 is 11.2. The average molecular weight is 311 g/mol. The van der Waals surface area contributed by atoms with Gasteiger partial charge in [0, 0.05) is 40.6 Å². The van der Waals surface area contributed by atoms with E-state index in [0.717, 1.165) is 12.2 Å². The standard InChI is InChI=1S/C15H25N3O2S/c1-4-16-12(3)13-6-8-14(9-7-13)18-15(19)17-10-11-21(20)5-2/h6-9,12,16H,4-5,10-11H2,1-3H3,(H2,17,18,19). The fraction of sp³-hybridized carbons (Fsp3) is 0.533. The lowest BCUT2D eigenvalue weighted by molar-refractivity contribution is 0.252. The third-order valence-corrected chi connectivity index (χ3v) is 4.42. The van der Waals surface area contributed by atoms with Crippen molar-refractivity contribution in [2.24, 2.45) is 0 Å². The predicted octanol–water partition coefficient (Wildman–Crippen LogP) is 2.25. The molecular weight excluding hydrogens is 286 g/mol. The van der Waals surface area contributed by atoms with Crippen molar-refractivity contribution in [2.45, 2.75) is 26.8 Å². The molecule has 0 saturated carbocycles. The maximum atomic E-state index is 11.7. The van der Waals surface area contributed by atoms with E-state index in [-0.39, 0.29) is 6.03 Å². The summed E-state index contributed by atoms with van der Waals surface area (Å²) in [7, 11) is -0.850. The summed E-state index contributed by atoms with van der Waals surface area (Å²) in [4.78, 5) is 11.7. The van der Waals surface area contributed by atoms with Crippen LogP contribution in [0, 0.1) is 0 Å². The van der Waals surface area contributed by atoms with Gasteiger partial charge in [-0.15, -0.1) is 0 Å². The molecule has 0 radical (unpaired) electrons. The third-order valence-electron chi connectivity index (χ3n) is 3.12. The first-order chi connectivity index (χ1) is 10.1. The van der Waals surface area contributed by atoms with E-state index >= 15 is 0 Å². The van der Waals surface area contributed by atoms with E-state index < -0.39 is 10.8 Å². The molecule has 0 aromatic heterocycles. The number of carbonyl (C=O) groups is 1. The monoisotopic (exact) mass is 311 g/mol. The van der Waals surface area contributed by atoms with Crippen LogP contribution < -0.4 is 16.0 Å². The summed E-state index contributed by atoms with van der Waals surface area (Å²) in [5.74, 6) is 1.11. The lowest BCUT2D eigenvalue weighted by Gasteiger charge is -2.13. The van der Waals surface area contributed by atoms with Gasteiger partial charge in [0.15, 0.2) is 0 Å². The molecular formula is C15H25N3O2S. The van der Waals surface area contributed by atoms with Gasteiger partial charge in [0.25, 0.3) is 0 Å². The molecule has 118 valence electrons. The molecule has 3 N–H and O–H groups in total. The third kappa shape index (κ3) is 6.73. The summed E-state index contributed by atoms with van der Waals surface area (Å²) in [6, 6.07) is 7.78. The summed E-state index contributed by atoms with van der Waals surface area (Å²) in [6.45, 7) is 7.38. The minimum Gasteiger partial charge on any atom is -0.337 e. The van der Waals surface area contributed by atoms with E-state index in [1.807, 2.05) is 31.2 Å². The van der Waals surface area contributed by atoms with E-state index in [2.05, 4.69) is 29.8 Å². The SMILES string of the molecule is CCNC(C)c1ccc(NC(=O)NCCS(=O)CC)cc1. The lowest BCUT2D eigenvalue weighted by Crippen LogP contribution is -2.32. The second-order valence-corrected chi connectivity index (χ2v) is 6.58. The lowest BCUT2D eigenvalue weighted by atomic mass is 10.1. The van der Waals surface area contributed by atoms with Crippen LogP contribution in [0.5, 0.6) is 0 Å². The number of hydrogen-bond donors (Lipinski definition) is 3. The Morgan fingerprint density at radius 1 is 1.24 bits per heavy atom. The molecule has 0 saturated heterocycles. The zero-order valence-electron chi connectivity index (χ0n) is 12.9. The number of benzene rings is 1. The van der Waals surface area contributed by atoms with E-state index in [4.69, 9.17) is 0 Å². The van der Waals surface area contributed by atoms with E-state index in [1.165, 1.54) is 5.56 Å². The Hall–Kier alpha value is -1.40. The summed E-state index contributed by atoms with van der Waals surface area (Å²) in [5, 5.41) is 8.80. The van der Waals surface area contributed by atoms with Crippen LogP contribution in [0.3, 0.4) is 0 Å². The highest BCUT2D eigenvalue weighted by Gasteiger charge is 2.05. The minimum atomic E-state index is -0.850. The molecule has 2 unspecified atom stereocenters. The largest absolute Gasteiger partial charge is 0.337 e. The fourth-order valence-corrected chi connectivity index (χ4v) is 2.50. The van der Waals surface area contributed by atoms with Crippen molar-refractivity contribution >= 4 is 22.5 Å². The van der Waals surface area contributed by atoms with Crippen molar-refractivity contribution in [1.82, 2.24) is 10.6 Å². The molecule has 6 heteroatoms. The van der Waals surface area contributed by atoms with Crippen LogP contribution in [0.15, 0.2) is 24.3 Å². The first-order valence-corrected chi connectivity index (χ1v) is 8.78. The molecule has 0 aliphatic rings. The maximum absolute atomic E-state index is 11.7. The molecule has 2 amide bonds. The second kappa shape index (κ2) is 9.52. The van der Waals surface area contributed by atoms with Gasteiger partial charge in [-0.05, 0) is 31.2 Å². The topological polar surface area (TPSA) is 70.2 Å². The van der Waals surface area contributed by atoms with Crippen molar-refractivity contribution < 1.29 is 9.00 Å². The minimum absolute atomic E-state index is 0.268. The molecule has 0 bridgehead atoms. The molecule has 1 aromatic rings. The fourth-order valence-electron chi connectivity index (χ4n) is 1.88. The van der Waals surface area contributed by atoms with Crippen LogP contribution in [0.2, 0.25) is 0 Å². The molecule has 1 rings (SSSR count). The van der Waals surface area contributed by atoms with Crippen LogP contribution in [0.4, 0.5) is 10.5 Å². The predicted molar refractivity (Wildman–Crippen MR) is 89.1 cm³/mol. The Labute approximate surface area is 129 Å². The van der Waals surface area contributed by atoms with Crippen molar-refractivity contribution in [3.63, 3.8) is 0 Å². The van der Waals surface area contributed by atoms with Gasteiger partial charge in [0.1, 0.15) is 0 Å². The van der Waals surface area contributed by atoms with Crippen molar-refractivity contribution in [3.8, 4) is 0 Å². The van der Waals surface area contributed by atoms with Crippen molar-refractivity contribution in [1.29, 1.82) is 0 Å². The van der Waals surface area contributed by atoms with E-state index in [9.17, 15) is 9.00 Å². The second-order valence-electron chi connectivity index (χ2n) is 4.71. The van der Waals surface area contributed by atoms with Crippen LogP contribution >= 0.6 is 0 Å². The van der Waals surface area contributed by atoms with Crippen LogP contribution in [0.25, 0.3) is 0 Å². The zero-order valence-corrected chi connectivity index (χ0v) is 13.8. The number of anilines is 1. The van der Waals surface area contributed by atoms with Gasteiger partial charge >= 0.3 is 6.03 Å². The van der Waals surface area contributed by atoms with Gasteiger partial charge in [0.05, 0.1) is 0 Å². The molecule has 0 aliphatic heterocycles. The quantitative estimate of drug-likeness (QED) is 0.689. The molecule has 2 atom stereocenters. The summed E-state index contributed by atoms with van der Waals surface area (Å²) in [5.41, 5.74) is 1.93. The number of urea groups is 1. The molecule has 0 aliphatic carbocycles. The van der Waals surface area contributed by atoms with Crippen LogP contribution in [-0.4, -0.2) is 34.8 Å². The Kier molecular flexibility index (Phi) is 8.00. The normalized spacial score (nSPS) is 13.5. The maximum Gasteiger partial charge on any atom is 0.319 e. The van der Waals surface area contributed by atoms with Gasteiger partial charge in [-0.3, -0.25) is 4.21 Å². The summed E-state index contributed by atoms with van der Waals surface area (Å²) >= 11 is 0. The Morgan fingerprint density at radius 2 is 1.90 bits per heavy atom. The van der Waals surface area contributed by atoms with Gasteiger partial charge in [-0.2, -0.15) is 0 Å². The number of rotatable bonds is 8. The Bertz CT molecular complexity index is 462. The first kappa shape index (κ1) is 17.7. The zero-order chi connectivity index (χ0) is 15.7. The molecule has 0 heterocycles. The Balaban J connectivity index is 2.41. The number of nitrogens with one attached hydrogen (secondary N) is 3. The van der Waals surface area contributed by atoms with Gasteiger partial charge in [-0.1, -0.05) is 26.0 Å². The summed E-state index contributed by atoms with van der Waals surface area (Å²) in [6.07, 6.45) is 0. The van der Waals surface area contributed by atoms with Crippen LogP contribution in [0.1, 0.15) is 32.4 Å². The highest BCUT2D eigenvalue weighted by Crippen LogP contribution is 2.15. The highest BCUT2D eigenvalue weighted by atomic mass is 32.2. The number of carbonyl (C=O) groups excluding carboxylic acids is 1. The van der Waals surface area contributed by atoms with E-state index in [1.54, 1.807) is 0 Å². The number of amides is 2. The molecule has 0 fully saturated rings. The molecule has 1 aromatic carbocycles. The molecule has 5 nitrogen and oxygen atoms in total.